The van der Waals surface area contributed by atoms with Crippen molar-refractivity contribution in [2.45, 2.75) is 52.7 Å². The Bertz CT molecular complexity index is 651. The van der Waals surface area contributed by atoms with E-state index in [1.54, 1.807) is 6.07 Å². The Hall–Kier alpha value is -1.39. The van der Waals surface area contributed by atoms with E-state index < -0.39 is 7.12 Å². The van der Waals surface area contributed by atoms with Gasteiger partial charge in [-0.15, -0.1) is 0 Å². The lowest BCUT2D eigenvalue weighted by atomic mass is 9.76. The highest BCUT2D eigenvalue weighted by Crippen LogP contribution is 2.37. The molecule has 1 aliphatic heterocycles. The van der Waals surface area contributed by atoms with E-state index in [0.29, 0.717) is 0 Å². The number of hydrogen-bond donors (Lipinski definition) is 0. The van der Waals surface area contributed by atoms with Crippen molar-refractivity contribution in [3.63, 3.8) is 0 Å². The van der Waals surface area contributed by atoms with E-state index in [1.807, 2.05) is 59.7 Å². The quantitative estimate of drug-likeness (QED) is 0.731. The van der Waals surface area contributed by atoms with Gasteiger partial charge in [0.15, 0.2) is 0 Å². The van der Waals surface area contributed by atoms with Crippen LogP contribution < -0.4 is 5.46 Å². The van der Waals surface area contributed by atoms with Gasteiger partial charge in [-0.3, -0.25) is 0 Å². The molecule has 118 valence electrons. The third-order valence-electron chi connectivity index (χ3n) is 4.38. The molecular weight excluding hydrogens is 278 g/mol. The van der Waals surface area contributed by atoms with Crippen molar-refractivity contribution >= 4 is 23.4 Å². The van der Waals surface area contributed by atoms with Gasteiger partial charge in [0, 0.05) is 0 Å². The van der Waals surface area contributed by atoms with E-state index in [-0.39, 0.29) is 17.0 Å². The van der Waals surface area contributed by atoms with Crippen molar-refractivity contribution in [3.05, 3.63) is 42.2 Å². The Kier molecular flexibility index (Phi) is 4.64. The summed E-state index contributed by atoms with van der Waals surface area (Å²) in [7, 11) is -0.422. The molecule has 0 aromatic heterocycles. The molecule has 1 fully saturated rings. The van der Waals surface area contributed by atoms with Crippen molar-refractivity contribution in [3.8, 4) is 0 Å². The van der Waals surface area contributed by atoms with Crippen LogP contribution in [-0.2, 0) is 9.31 Å². The van der Waals surface area contributed by atoms with E-state index in [4.69, 9.17) is 9.31 Å². The minimum absolute atomic E-state index is 0.233. The van der Waals surface area contributed by atoms with Crippen LogP contribution in [-0.4, -0.2) is 18.3 Å². The fraction of sp³-hybridized carbons (Fsp3) is 0.444. The van der Waals surface area contributed by atoms with Gasteiger partial charge in [-0.05, 0) is 56.1 Å². The fourth-order valence-corrected chi connectivity index (χ4v) is 2.46. The average molecular weight is 302 g/mol. The van der Waals surface area contributed by atoms with Crippen LogP contribution in [0.15, 0.2) is 36.4 Å². The Morgan fingerprint density at radius 2 is 1.50 bits per heavy atom. The smallest absolute Gasteiger partial charge is 0.399 e. The maximum atomic E-state index is 13.3. The molecule has 0 radical (unpaired) electrons. The summed E-state index contributed by atoms with van der Waals surface area (Å²) in [6.45, 7) is 12.1. The van der Waals surface area contributed by atoms with Gasteiger partial charge >= 0.3 is 7.12 Å². The molecule has 0 N–H and O–H groups in total. The fourth-order valence-electron chi connectivity index (χ4n) is 2.46. The summed E-state index contributed by atoms with van der Waals surface area (Å²) in [4.78, 5) is 0. The summed E-state index contributed by atoms with van der Waals surface area (Å²) < 4.78 is 25.5. The highest BCUT2D eigenvalue weighted by molar-refractivity contribution is 6.65. The second-order valence-electron chi connectivity index (χ2n) is 6.30. The molecule has 1 aliphatic rings. The van der Waals surface area contributed by atoms with E-state index in [2.05, 4.69) is 0 Å². The Morgan fingerprint density at radius 3 is 2.09 bits per heavy atom. The van der Waals surface area contributed by atoms with Crippen LogP contribution in [0.1, 0.15) is 41.5 Å². The monoisotopic (exact) mass is 302 g/mol. The summed E-state index contributed by atoms with van der Waals surface area (Å²) in [6.07, 6.45) is 0. The summed E-state index contributed by atoms with van der Waals surface area (Å²) in [5.74, 6) is -0.233. The van der Waals surface area contributed by atoms with Crippen LogP contribution in [0.25, 0.3) is 10.8 Å². The molecule has 0 atom stereocenters. The molecule has 1 heterocycles. The highest BCUT2D eigenvalue weighted by atomic mass is 19.1. The molecular formula is C18H24BFO2. The first-order chi connectivity index (χ1) is 10.3. The molecule has 4 heteroatoms. The first kappa shape index (κ1) is 17.0. The molecule has 0 spiro atoms. The van der Waals surface area contributed by atoms with Crippen LogP contribution in [0.5, 0.6) is 0 Å². The predicted octanol–water partition coefficient (Wildman–Crippen LogP) is 4.30. The lowest BCUT2D eigenvalue weighted by Crippen LogP contribution is -2.41. The van der Waals surface area contributed by atoms with E-state index in [1.165, 1.54) is 12.1 Å². The van der Waals surface area contributed by atoms with Crippen molar-refractivity contribution in [2.75, 3.05) is 0 Å². The topological polar surface area (TPSA) is 18.5 Å². The molecule has 1 saturated heterocycles. The van der Waals surface area contributed by atoms with Gasteiger partial charge in [-0.1, -0.05) is 38.1 Å². The SMILES string of the molecule is CC.CC1(C)OB(c2cccc3cc(F)ccc23)OC1(C)C. The largest absolute Gasteiger partial charge is 0.495 e. The van der Waals surface area contributed by atoms with Crippen molar-refractivity contribution in [1.29, 1.82) is 0 Å². The van der Waals surface area contributed by atoms with E-state index in [9.17, 15) is 4.39 Å². The average Bonchev–Trinajstić information content (AvgIpc) is 2.68. The number of fused-ring (bicyclic) bond motifs is 1. The number of halogens is 1. The van der Waals surface area contributed by atoms with Crippen LogP contribution in [0.2, 0.25) is 0 Å². The molecule has 0 unspecified atom stereocenters. The minimum Gasteiger partial charge on any atom is -0.399 e. The summed E-state index contributed by atoms with van der Waals surface area (Å²) >= 11 is 0. The lowest BCUT2D eigenvalue weighted by molar-refractivity contribution is 0.00578. The van der Waals surface area contributed by atoms with Gasteiger partial charge in [0.1, 0.15) is 5.82 Å². The van der Waals surface area contributed by atoms with Gasteiger partial charge in [-0.2, -0.15) is 0 Å². The van der Waals surface area contributed by atoms with Gasteiger partial charge in [-0.25, -0.2) is 4.39 Å². The zero-order valence-electron chi connectivity index (χ0n) is 14.2. The zero-order valence-corrected chi connectivity index (χ0v) is 14.2. The van der Waals surface area contributed by atoms with Crippen LogP contribution in [0.4, 0.5) is 4.39 Å². The maximum absolute atomic E-state index is 13.3. The molecule has 0 saturated carbocycles. The summed E-state index contributed by atoms with van der Waals surface area (Å²) in [5.41, 5.74) is 0.195. The van der Waals surface area contributed by atoms with Gasteiger partial charge < -0.3 is 9.31 Å². The number of hydrogen-bond acceptors (Lipinski definition) is 2. The highest BCUT2D eigenvalue weighted by Gasteiger charge is 2.52. The third-order valence-corrected chi connectivity index (χ3v) is 4.38. The first-order valence-corrected chi connectivity index (χ1v) is 7.84. The lowest BCUT2D eigenvalue weighted by Gasteiger charge is -2.32. The second-order valence-corrected chi connectivity index (χ2v) is 6.30. The van der Waals surface area contributed by atoms with Crippen molar-refractivity contribution in [1.82, 2.24) is 0 Å². The first-order valence-electron chi connectivity index (χ1n) is 7.84. The van der Waals surface area contributed by atoms with Crippen molar-refractivity contribution < 1.29 is 13.7 Å². The normalized spacial score (nSPS) is 19.0. The molecule has 2 aromatic carbocycles. The summed E-state index contributed by atoms with van der Waals surface area (Å²) in [5, 5.41) is 1.82. The van der Waals surface area contributed by atoms with Crippen LogP contribution in [0.3, 0.4) is 0 Å². The molecule has 3 rings (SSSR count). The third kappa shape index (κ3) is 2.90. The van der Waals surface area contributed by atoms with Crippen LogP contribution in [0, 0.1) is 5.82 Å². The molecule has 0 aliphatic carbocycles. The Balaban J connectivity index is 0.000000847. The van der Waals surface area contributed by atoms with Crippen molar-refractivity contribution in [2.24, 2.45) is 0 Å². The number of rotatable bonds is 1. The van der Waals surface area contributed by atoms with Gasteiger partial charge in [0.05, 0.1) is 11.2 Å². The Labute approximate surface area is 132 Å². The van der Waals surface area contributed by atoms with E-state index >= 15 is 0 Å². The zero-order chi connectivity index (χ0) is 16.5. The molecule has 2 aromatic rings. The van der Waals surface area contributed by atoms with Gasteiger partial charge in [0.25, 0.3) is 0 Å². The molecule has 0 amide bonds. The van der Waals surface area contributed by atoms with Gasteiger partial charge in [0.2, 0.25) is 0 Å². The second kappa shape index (κ2) is 6.02. The van der Waals surface area contributed by atoms with E-state index in [0.717, 1.165) is 16.2 Å². The molecule has 2 nitrogen and oxygen atoms in total. The molecule has 0 bridgehead atoms. The predicted molar refractivity (Wildman–Crippen MR) is 91.0 cm³/mol. The maximum Gasteiger partial charge on any atom is 0.495 e. The Morgan fingerprint density at radius 1 is 0.909 bits per heavy atom. The standard InChI is InChI=1S/C16H18BFO2.C2H6/c1-15(2)16(3,4)20-17(19-15)14-7-5-6-11-10-12(18)8-9-13(11)14;1-2/h5-10H,1-4H3;1-2H3. The molecule has 22 heavy (non-hydrogen) atoms. The minimum atomic E-state index is -0.422. The number of benzene rings is 2. The summed E-state index contributed by atoms with van der Waals surface area (Å²) in [6, 6.07) is 10.6. The van der Waals surface area contributed by atoms with Crippen LogP contribution >= 0.6 is 0 Å².